The van der Waals surface area contributed by atoms with E-state index in [-0.39, 0.29) is 0 Å². The van der Waals surface area contributed by atoms with Crippen molar-refractivity contribution in [3.63, 3.8) is 0 Å². The molecule has 0 saturated carbocycles. The molecule has 2 N–H and O–H groups in total. The lowest BCUT2D eigenvalue weighted by Gasteiger charge is -2.26. The molecule has 0 spiro atoms. The minimum absolute atomic E-state index is 0.405. The Morgan fingerprint density at radius 3 is 2.84 bits per heavy atom. The van der Waals surface area contributed by atoms with E-state index in [0.29, 0.717) is 22.6 Å². The molecule has 0 saturated heterocycles. The van der Waals surface area contributed by atoms with Crippen molar-refractivity contribution >= 4 is 29.2 Å². The quantitative estimate of drug-likeness (QED) is 0.629. The molecule has 25 heavy (non-hydrogen) atoms. The number of benzene rings is 1. The molecule has 0 fully saturated rings. The summed E-state index contributed by atoms with van der Waals surface area (Å²) in [5.41, 5.74) is 2.24. The second kappa shape index (κ2) is 8.02. The average Bonchev–Trinajstić information content (AvgIpc) is 2.89. The number of halogens is 2. The van der Waals surface area contributed by atoms with Gasteiger partial charge in [-0.2, -0.15) is 0 Å². The molecule has 134 valence electrons. The summed E-state index contributed by atoms with van der Waals surface area (Å²) < 4.78 is 7.58. The molecule has 0 amide bonds. The van der Waals surface area contributed by atoms with Crippen molar-refractivity contribution in [1.29, 1.82) is 0 Å². The fourth-order valence-electron chi connectivity index (χ4n) is 3.00. The highest BCUT2D eigenvalue weighted by Gasteiger charge is 2.21. The Morgan fingerprint density at radius 2 is 2.12 bits per heavy atom. The first-order valence-electron chi connectivity index (χ1n) is 8.26. The van der Waals surface area contributed by atoms with E-state index in [2.05, 4.69) is 27.8 Å². The Hall–Kier alpha value is -1.85. The van der Waals surface area contributed by atoms with Crippen LogP contribution < -0.4 is 15.4 Å². The van der Waals surface area contributed by atoms with Gasteiger partial charge in [0, 0.05) is 32.3 Å². The van der Waals surface area contributed by atoms with E-state index >= 15 is 0 Å². The lowest BCUT2D eigenvalue weighted by molar-refractivity contribution is 0.267. The third-order valence-corrected chi connectivity index (χ3v) is 5.32. The third kappa shape index (κ3) is 4.05. The molecule has 7 heteroatoms. The number of para-hydroxylation sites is 1. The van der Waals surface area contributed by atoms with Crippen LogP contribution in [0.3, 0.4) is 0 Å². The molecule has 1 aliphatic rings. The zero-order valence-corrected chi connectivity index (χ0v) is 15.9. The van der Waals surface area contributed by atoms with Gasteiger partial charge in [-0.3, -0.25) is 4.99 Å². The molecule has 3 rings (SSSR count). The number of fused-ring (bicyclic) bond motifs is 1. The molecule has 0 radical (unpaired) electrons. The van der Waals surface area contributed by atoms with E-state index in [0.717, 1.165) is 37.0 Å². The van der Waals surface area contributed by atoms with Gasteiger partial charge in [0.1, 0.15) is 10.9 Å². The van der Waals surface area contributed by atoms with Gasteiger partial charge in [0.2, 0.25) is 0 Å². The number of ether oxygens (including phenoxy) is 1. The lowest BCUT2D eigenvalue weighted by Crippen LogP contribution is -2.40. The second-order valence-corrected chi connectivity index (χ2v) is 6.78. The maximum absolute atomic E-state index is 6.10. The highest BCUT2D eigenvalue weighted by Crippen LogP contribution is 2.32. The van der Waals surface area contributed by atoms with Gasteiger partial charge in [-0.15, -0.1) is 0 Å². The summed E-state index contributed by atoms with van der Waals surface area (Å²) in [5.74, 6) is 2.14. The molecule has 2 heterocycles. The van der Waals surface area contributed by atoms with E-state index in [1.54, 1.807) is 7.05 Å². The minimum Gasteiger partial charge on any atom is -0.493 e. The smallest absolute Gasteiger partial charge is 0.191 e. The zero-order valence-electron chi connectivity index (χ0n) is 14.4. The largest absolute Gasteiger partial charge is 0.493 e. The van der Waals surface area contributed by atoms with Crippen molar-refractivity contribution in [2.45, 2.75) is 18.9 Å². The van der Waals surface area contributed by atoms with Crippen LogP contribution in [0.2, 0.25) is 10.2 Å². The molecular weight excluding hydrogens is 359 g/mol. The molecule has 1 aromatic heterocycles. The first-order valence-corrected chi connectivity index (χ1v) is 9.01. The number of aliphatic imine (C=N–C) groups is 1. The van der Waals surface area contributed by atoms with E-state index in [1.807, 2.05) is 29.8 Å². The molecule has 1 aliphatic heterocycles. The first-order chi connectivity index (χ1) is 12.1. The van der Waals surface area contributed by atoms with Gasteiger partial charge in [-0.1, -0.05) is 41.4 Å². The fraction of sp³-hybridized carbons (Fsp3) is 0.389. The monoisotopic (exact) mass is 380 g/mol. The molecule has 1 atom stereocenters. The second-order valence-electron chi connectivity index (χ2n) is 6.01. The standard InChI is InChI=1S/C18H22Cl2N4O/c1-21-18(23-11-13-9-15(19)17(20)24(13)2)22-10-12-7-8-25-16-6-4-3-5-14(12)16/h3-6,9,12H,7-8,10-11H2,1-2H3,(H2,21,22,23). The molecule has 0 bridgehead atoms. The Balaban J connectivity index is 1.58. The Morgan fingerprint density at radius 1 is 1.32 bits per heavy atom. The van der Waals surface area contributed by atoms with Crippen LogP contribution in [-0.4, -0.2) is 30.7 Å². The molecule has 2 aromatic rings. The van der Waals surface area contributed by atoms with Crippen LogP contribution in [0.15, 0.2) is 35.3 Å². The number of hydrogen-bond acceptors (Lipinski definition) is 2. The topological polar surface area (TPSA) is 50.6 Å². The summed E-state index contributed by atoms with van der Waals surface area (Å²) >= 11 is 12.2. The van der Waals surface area contributed by atoms with Crippen molar-refractivity contribution < 1.29 is 4.74 Å². The van der Waals surface area contributed by atoms with Gasteiger partial charge in [0.15, 0.2) is 5.96 Å². The van der Waals surface area contributed by atoms with Crippen LogP contribution in [-0.2, 0) is 13.6 Å². The van der Waals surface area contributed by atoms with Crippen LogP contribution in [0.1, 0.15) is 23.6 Å². The Bertz CT molecular complexity index is 772. The Kier molecular flexibility index (Phi) is 5.76. The molecular formula is C18H22Cl2N4O. The number of nitrogens with zero attached hydrogens (tertiary/aromatic N) is 2. The summed E-state index contributed by atoms with van der Waals surface area (Å²) in [6.45, 7) is 2.14. The van der Waals surface area contributed by atoms with Crippen molar-refractivity contribution in [3.8, 4) is 5.75 Å². The van der Waals surface area contributed by atoms with Crippen LogP contribution in [0.5, 0.6) is 5.75 Å². The van der Waals surface area contributed by atoms with E-state index < -0.39 is 0 Å². The number of nitrogens with one attached hydrogen (secondary N) is 2. The summed E-state index contributed by atoms with van der Waals surface area (Å²) in [4.78, 5) is 4.29. The zero-order chi connectivity index (χ0) is 17.8. The molecule has 5 nitrogen and oxygen atoms in total. The first kappa shape index (κ1) is 18.0. The van der Waals surface area contributed by atoms with Crippen LogP contribution in [0.25, 0.3) is 0 Å². The van der Waals surface area contributed by atoms with Crippen molar-refractivity contribution in [3.05, 3.63) is 51.8 Å². The minimum atomic E-state index is 0.405. The van der Waals surface area contributed by atoms with Crippen LogP contribution in [0.4, 0.5) is 0 Å². The SMILES string of the molecule is CN=C(NCc1cc(Cl)c(Cl)n1C)NCC1CCOc2ccccc21. The summed E-state index contributed by atoms with van der Waals surface area (Å²) in [6, 6.07) is 10.1. The average molecular weight is 381 g/mol. The van der Waals surface area contributed by atoms with E-state index in [1.165, 1.54) is 5.56 Å². The van der Waals surface area contributed by atoms with Crippen molar-refractivity contribution in [1.82, 2.24) is 15.2 Å². The van der Waals surface area contributed by atoms with Crippen molar-refractivity contribution in [2.75, 3.05) is 20.2 Å². The van der Waals surface area contributed by atoms with Crippen molar-refractivity contribution in [2.24, 2.45) is 12.0 Å². The van der Waals surface area contributed by atoms with Crippen LogP contribution >= 0.6 is 23.2 Å². The Labute approximate surface area is 158 Å². The van der Waals surface area contributed by atoms with E-state index in [4.69, 9.17) is 27.9 Å². The maximum atomic E-state index is 6.10. The summed E-state index contributed by atoms with van der Waals surface area (Å²) in [7, 11) is 3.65. The number of aromatic nitrogens is 1. The number of rotatable bonds is 4. The lowest BCUT2D eigenvalue weighted by atomic mass is 9.93. The van der Waals surface area contributed by atoms with Gasteiger partial charge in [0.05, 0.1) is 18.2 Å². The predicted octanol–water partition coefficient (Wildman–Crippen LogP) is 3.56. The van der Waals surface area contributed by atoms with Gasteiger partial charge >= 0.3 is 0 Å². The van der Waals surface area contributed by atoms with Gasteiger partial charge in [-0.25, -0.2) is 0 Å². The highest BCUT2D eigenvalue weighted by atomic mass is 35.5. The molecule has 1 aromatic carbocycles. The number of hydrogen-bond donors (Lipinski definition) is 2. The van der Waals surface area contributed by atoms with Gasteiger partial charge < -0.3 is 19.9 Å². The number of guanidine groups is 1. The highest BCUT2D eigenvalue weighted by molar-refractivity contribution is 6.41. The summed E-state index contributed by atoms with van der Waals surface area (Å²) in [5, 5.41) is 7.80. The predicted molar refractivity (Wildman–Crippen MR) is 103 cm³/mol. The van der Waals surface area contributed by atoms with Crippen LogP contribution in [0, 0.1) is 0 Å². The molecule has 1 unspecified atom stereocenters. The molecule has 0 aliphatic carbocycles. The third-order valence-electron chi connectivity index (χ3n) is 4.47. The maximum Gasteiger partial charge on any atom is 0.191 e. The van der Waals surface area contributed by atoms with Gasteiger partial charge in [-0.05, 0) is 24.1 Å². The normalized spacial score (nSPS) is 17.0. The van der Waals surface area contributed by atoms with Gasteiger partial charge in [0.25, 0.3) is 0 Å². The van der Waals surface area contributed by atoms with E-state index in [9.17, 15) is 0 Å². The fourth-order valence-corrected chi connectivity index (χ4v) is 3.42. The summed E-state index contributed by atoms with van der Waals surface area (Å²) in [6.07, 6.45) is 0.990.